The lowest BCUT2D eigenvalue weighted by molar-refractivity contribution is -0.384. The third-order valence-corrected chi connectivity index (χ3v) is 3.79. The van der Waals surface area contributed by atoms with Gasteiger partial charge in [0.25, 0.3) is 5.69 Å². The number of aliphatic hydroxyl groups is 1. The van der Waals surface area contributed by atoms with Gasteiger partial charge in [-0.1, -0.05) is 41.9 Å². The SMILES string of the molecule is O=C(Nc1ccc(Cl)c([N+](=O)[O-])c1)C(=O)N(CCO)Cc1ccccc1. The van der Waals surface area contributed by atoms with Crippen molar-refractivity contribution in [3.8, 4) is 0 Å². The molecule has 0 atom stereocenters. The lowest BCUT2D eigenvalue weighted by Crippen LogP contribution is -2.40. The number of nitro benzene ring substituents is 1. The van der Waals surface area contributed by atoms with Crippen LogP contribution >= 0.6 is 11.6 Å². The zero-order valence-corrected chi connectivity index (χ0v) is 14.3. The maximum atomic E-state index is 12.4. The van der Waals surface area contributed by atoms with Crippen molar-refractivity contribution >= 4 is 34.8 Å². The van der Waals surface area contributed by atoms with Crippen LogP contribution in [0.2, 0.25) is 5.02 Å². The average Bonchev–Trinajstić information content (AvgIpc) is 2.63. The molecule has 0 heterocycles. The minimum atomic E-state index is -0.967. The highest BCUT2D eigenvalue weighted by Gasteiger charge is 2.23. The molecule has 0 unspecified atom stereocenters. The summed E-state index contributed by atoms with van der Waals surface area (Å²) in [5, 5.41) is 22.3. The summed E-state index contributed by atoms with van der Waals surface area (Å²) in [7, 11) is 0. The predicted molar refractivity (Wildman–Crippen MR) is 95.7 cm³/mol. The number of carbonyl (C=O) groups is 2. The number of halogens is 1. The normalized spacial score (nSPS) is 10.2. The molecule has 2 rings (SSSR count). The van der Waals surface area contributed by atoms with Gasteiger partial charge in [0.2, 0.25) is 0 Å². The number of anilines is 1. The van der Waals surface area contributed by atoms with E-state index in [1.165, 1.54) is 17.0 Å². The average molecular weight is 378 g/mol. The van der Waals surface area contributed by atoms with Crippen molar-refractivity contribution in [1.29, 1.82) is 0 Å². The Balaban J connectivity index is 2.12. The van der Waals surface area contributed by atoms with Crippen molar-refractivity contribution in [1.82, 2.24) is 4.90 Å². The zero-order valence-electron chi connectivity index (χ0n) is 13.6. The Morgan fingerprint density at radius 3 is 2.50 bits per heavy atom. The Bertz CT molecular complexity index is 813. The third-order valence-electron chi connectivity index (χ3n) is 3.47. The summed E-state index contributed by atoms with van der Waals surface area (Å²) in [6.45, 7) is -0.186. The first-order chi connectivity index (χ1) is 12.4. The van der Waals surface area contributed by atoms with Crippen LogP contribution in [0.1, 0.15) is 5.56 Å². The fourth-order valence-corrected chi connectivity index (χ4v) is 2.42. The van der Waals surface area contributed by atoms with Gasteiger partial charge in [-0.15, -0.1) is 0 Å². The topological polar surface area (TPSA) is 113 Å². The van der Waals surface area contributed by atoms with Crippen LogP contribution in [0.5, 0.6) is 0 Å². The molecule has 2 aromatic carbocycles. The zero-order chi connectivity index (χ0) is 19.1. The number of benzene rings is 2. The summed E-state index contributed by atoms with van der Waals surface area (Å²) in [6, 6.07) is 12.7. The molecular formula is C17H16ClN3O5. The van der Waals surface area contributed by atoms with Crippen LogP contribution in [0.4, 0.5) is 11.4 Å². The standard InChI is InChI=1S/C17H16ClN3O5/c18-14-7-6-13(10-15(14)21(25)26)19-16(23)17(24)20(8-9-22)11-12-4-2-1-3-5-12/h1-7,10,22H,8-9,11H2,(H,19,23). The fourth-order valence-electron chi connectivity index (χ4n) is 2.24. The monoisotopic (exact) mass is 377 g/mol. The number of hydrogen-bond donors (Lipinski definition) is 2. The van der Waals surface area contributed by atoms with Gasteiger partial charge in [-0.05, 0) is 17.7 Å². The van der Waals surface area contributed by atoms with E-state index >= 15 is 0 Å². The molecule has 0 aliphatic heterocycles. The molecule has 0 saturated carbocycles. The smallest absolute Gasteiger partial charge is 0.313 e. The lowest BCUT2D eigenvalue weighted by atomic mass is 10.2. The quantitative estimate of drug-likeness (QED) is 0.455. The summed E-state index contributed by atoms with van der Waals surface area (Å²) in [4.78, 5) is 36.0. The number of nitrogens with zero attached hydrogens (tertiary/aromatic N) is 2. The van der Waals surface area contributed by atoms with E-state index < -0.39 is 16.7 Å². The van der Waals surface area contributed by atoms with Gasteiger partial charge in [0.05, 0.1) is 11.5 Å². The molecule has 0 saturated heterocycles. The molecule has 0 fully saturated rings. The van der Waals surface area contributed by atoms with Crippen LogP contribution in [0, 0.1) is 10.1 Å². The Morgan fingerprint density at radius 2 is 1.88 bits per heavy atom. The summed E-state index contributed by atoms with van der Waals surface area (Å²) in [6.07, 6.45) is 0. The van der Waals surface area contributed by atoms with Crippen LogP contribution in [0.25, 0.3) is 0 Å². The van der Waals surface area contributed by atoms with Crippen LogP contribution in [-0.2, 0) is 16.1 Å². The molecule has 0 radical (unpaired) electrons. The van der Waals surface area contributed by atoms with E-state index in [4.69, 9.17) is 16.7 Å². The van der Waals surface area contributed by atoms with Crippen molar-refractivity contribution in [3.63, 3.8) is 0 Å². The van der Waals surface area contributed by atoms with E-state index in [1.807, 2.05) is 6.07 Å². The number of nitrogens with one attached hydrogen (secondary N) is 1. The van der Waals surface area contributed by atoms with Crippen LogP contribution in [0.3, 0.4) is 0 Å². The first kappa shape index (κ1) is 19.4. The van der Waals surface area contributed by atoms with Gasteiger partial charge in [0, 0.05) is 24.8 Å². The highest BCUT2D eigenvalue weighted by atomic mass is 35.5. The van der Waals surface area contributed by atoms with Gasteiger partial charge >= 0.3 is 11.8 Å². The molecule has 2 N–H and O–H groups in total. The first-order valence-electron chi connectivity index (χ1n) is 7.61. The van der Waals surface area contributed by atoms with Gasteiger partial charge in [-0.25, -0.2) is 0 Å². The molecule has 0 aliphatic rings. The highest BCUT2D eigenvalue weighted by molar-refractivity contribution is 6.39. The molecule has 0 spiro atoms. The summed E-state index contributed by atoms with van der Waals surface area (Å²) in [5.41, 5.74) is 0.487. The van der Waals surface area contributed by atoms with Crippen molar-refractivity contribution < 1.29 is 19.6 Å². The maximum absolute atomic E-state index is 12.4. The number of nitro groups is 1. The molecule has 0 aromatic heterocycles. The van der Waals surface area contributed by atoms with Crippen LogP contribution in [0.15, 0.2) is 48.5 Å². The molecule has 136 valence electrons. The number of carbonyl (C=O) groups excluding carboxylic acids is 2. The van der Waals surface area contributed by atoms with Crippen molar-refractivity contribution in [2.24, 2.45) is 0 Å². The van der Waals surface area contributed by atoms with Crippen LogP contribution in [-0.4, -0.2) is 39.9 Å². The number of rotatable bonds is 6. The molecule has 0 aliphatic carbocycles. The van der Waals surface area contributed by atoms with Crippen molar-refractivity contribution in [2.45, 2.75) is 6.54 Å². The minimum absolute atomic E-state index is 0.0259. The Hall–Kier alpha value is -2.97. The Kier molecular flexibility index (Phi) is 6.65. The van der Waals surface area contributed by atoms with Crippen LogP contribution < -0.4 is 5.32 Å². The van der Waals surface area contributed by atoms with Gasteiger partial charge in [-0.3, -0.25) is 19.7 Å². The third kappa shape index (κ3) is 5.01. The maximum Gasteiger partial charge on any atom is 0.313 e. The van der Waals surface area contributed by atoms with E-state index in [0.29, 0.717) is 0 Å². The number of hydrogen-bond acceptors (Lipinski definition) is 5. The van der Waals surface area contributed by atoms with E-state index in [1.54, 1.807) is 24.3 Å². The Labute approximate surface area is 154 Å². The molecule has 9 heteroatoms. The predicted octanol–water partition coefficient (Wildman–Crippen LogP) is 2.21. The first-order valence-corrected chi connectivity index (χ1v) is 7.99. The van der Waals surface area contributed by atoms with Crippen molar-refractivity contribution in [3.05, 3.63) is 69.2 Å². The molecule has 2 amide bonds. The van der Waals surface area contributed by atoms with E-state index in [-0.39, 0.29) is 36.1 Å². The summed E-state index contributed by atoms with van der Waals surface area (Å²) >= 11 is 5.71. The van der Waals surface area contributed by atoms with Gasteiger partial charge in [0.15, 0.2) is 0 Å². The highest BCUT2D eigenvalue weighted by Crippen LogP contribution is 2.27. The van der Waals surface area contributed by atoms with E-state index in [0.717, 1.165) is 11.6 Å². The number of aliphatic hydroxyl groups excluding tert-OH is 1. The van der Waals surface area contributed by atoms with Gasteiger partial charge < -0.3 is 15.3 Å². The Morgan fingerprint density at radius 1 is 1.19 bits per heavy atom. The van der Waals surface area contributed by atoms with Gasteiger partial charge in [0.1, 0.15) is 5.02 Å². The van der Waals surface area contributed by atoms with Crippen molar-refractivity contribution in [2.75, 3.05) is 18.5 Å². The van der Waals surface area contributed by atoms with Gasteiger partial charge in [-0.2, -0.15) is 0 Å². The van der Waals surface area contributed by atoms with E-state index in [2.05, 4.69) is 5.32 Å². The summed E-state index contributed by atoms with van der Waals surface area (Å²) < 4.78 is 0. The molecule has 0 bridgehead atoms. The van der Waals surface area contributed by atoms with E-state index in [9.17, 15) is 19.7 Å². The molecule has 26 heavy (non-hydrogen) atoms. The second kappa shape index (κ2) is 8.93. The second-order valence-corrected chi connectivity index (χ2v) is 5.72. The molecular weight excluding hydrogens is 362 g/mol. The number of amides is 2. The largest absolute Gasteiger partial charge is 0.395 e. The fraction of sp³-hybridized carbons (Fsp3) is 0.176. The molecule has 2 aromatic rings. The minimum Gasteiger partial charge on any atom is -0.395 e. The summed E-state index contributed by atoms with van der Waals surface area (Å²) in [5.74, 6) is -1.83. The molecule has 8 nitrogen and oxygen atoms in total. The lowest BCUT2D eigenvalue weighted by Gasteiger charge is -2.21. The second-order valence-electron chi connectivity index (χ2n) is 5.31.